The number of amides is 1. The van der Waals surface area contributed by atoms with Gasteiger partial charge >= 0.3 is 6.18 Å². The number of fused-ring (bicyclic) bond motifs is 1. The first-order chi connectivity index (χ1) is 14.1. The molecule has 2 N–H and O–H groups in total. The zero-order valence-corrected chi connectivity index (χ0v) is 16.3. The van der Waals surface area contributed by atoms with Crippen molar-refractivity contribution in [2.24, 2.45) is 0 Å². The number of alkyl halides is 3. The first kappa shape index (κ1) is 20.3. The number of rotatable bonds is 5. The van der Waals surface area contributed by atoms with Crippen molar-refractivity contribution >= 4 is 23.0 Å². The predicted molar refractivity (Wildman–Crippen MR) is 105 cm³/mol. The standard InChI is InChI=1S/C21H21F3N4O2/c1-20(30,13-6-3-2-4-7-13)12-17(29)27-19-25-15-10-11-16(21(22,23)24)26-18(15)28(19)14-8-5-9-14/h2-4,6-7,10-11,14,30H,5,8-9,12H2,1H3,(H,25,27,29)/t20-/m1/s1. The van der Waals surface area contributed by atoms with E-state index in [1.807, 2.05) is 6.07 Å². The maximum atomic E-state index is 13.1. The molecule has 4 rings (SSSR count). The first-order valence-corrected chi connectivity index (χ1v) is 9.69. The van der Waals surface area contributed by atoms with Gasteiger partial charge in [0.1, 0.15) is 11.2 Å². The van der Waals surface area contributed by atoms with Crippen LogP contribution in [0.4, 0.5) is 19.1 Å². The number of benzene rings is 1. The van der Waals surface area contributed by atoms with Gasteiger partial charge in [-0.05, 0) is 43.9 Å². The van der Waals surface area contributed by atoms with Crippen LogP contribution in [0.15, 0.2) is 42.5 Å². The number of anilines is 1. The molecule has 2 heterocycles. The molecular weight excluding hydrogens is 397 g/mol. The van der Waals surface area contributed by atoms with E-state index in [9.17, 15) is 23.1 Å². The fourth-order valence-electron chi connectivity index (χ4n) is 3.59. The Bertz CT molecular complexity index is 1070. The van der Waals surface area contributed by atoms with E-state index in [-0.39, 0.29) is 29.6 Å². The largest absolute Gasteiger partial charge is 0.433 e. The molecule has 30 heavy (non-hydrogen) atoms. The third kappa shape index (κ3) is 3.89. The molecule has 1 aliphatic rings. The summed E-state index contributed by atoms with van der Waals surface area (Å²) in [5.41, 5.74) is -1.44. The molecule has 2 aromatic heterocycles. The molecule has 0 spiro atoms. The summed E-state index contributed by atoms with van der Waals surface area (Å²) < 4.78 is 40.9. The molecule has 1 atom stereocenters. The average Bonchev–Trinajstić information content (AvgIpc) is 2.97. The Morgan fingerprint density at radius 2 is 1.87 bits per heavy atom. The monoisotopic (exact) mass is 418 g/mol. The average molecular weight is 418 g/mol. The van der Waals surface area contributed by atoms with Crippen molar-refractivity contribution in [3.8, 4) is 0 Å². The Morgan fingerprint density at radius 3 is 2.47 bits per heavy atom. The number of carbonyl (C=O) groups excluding carboxylic acids is 1. The molecule has 9 heteroatoms. The van der Waals surface area contributed by atoms with Gasteiger partial charge in [-0.25, -0.2) is 9.97 Å². The van der Waals surface area contributed by atoms with Crippen LogP contribution in [-0.2, 0) is 16.6 Å². The Balaban J connectivity index is 1.64. The summed E-state index contributed by atoms with van der Waals surface area (Å²) in [7, 11) is 0. The zero-order valence-electron chi connectivity index (χ0n) is 16.3. The summed E-state index contributed by atoms with van der Waals surface area (Å²) >= 11 is 0. The highest BCUT2D eigenvalue weighted by molar-refractivity contribution is 5.91. The highest BCUT2D eigenvalue weighted by Gasteiger charge is 2.35. The van der Waals surface area contributed by atoms with Gasteiger partial charge in [0.25, 0.3) is 0 Å². The summed E-state index contributed by atoms with van der Waals surface area (Å²) in [5.74, 6) is -0.342. The van der Waals surface area contributed by atoms with Crippen LogP contribution >= 0.6 is 0 Å². The minimum absolute atomic E-state index is 0.0732. The second kappa shape index (κ2) is 7.39. The number of carbonyl (C=O) groups is 1. The van der Waals surface area contributed by atoms with Gasteiger partial charge < -0.3 is 5.11 Å². The topological polar surface area (TPSA) is 80.0 Å². The second-order valence-electron chi connectivity index (χ2n) is 7.79. The molecule has 6 nitrogen and oxygen atoms in total. The molecule has 0 saturated heterocycles. The predicted octanol–water partition coefficient (Wildman–Crippen LogP) is 4.41. The van der Waals surface area contributed by atoms with Crippen LogP contribution in [0.1, 0.15) is 49.9 Å². The van der Waals surface area contributed by atoms with Gasteiger partial charge in [-0.15, -0.1) is 0 Å². The lowest BCUT2D eigenvalue weighted by Crippen LogP contribution is -2.30. The van der Waals surface area contributed by atoms with Gasteiger partial charge in [0.15, 0.2) is 5.65 Å². The SMILES string of the molecule is C[C@@](O)(CC(=O)Nc1nc2ccc(C(F)(F)F)nc2n1C1CCC1)c1ccccc1. The van der Waals surface area contributed by atoms with Gasteiger partial charge in [-0.3, -0.25) is 14.7 Å². The molecule has 0 radical (unpaired) electrons. The Hall–Kier alpha value is -2.94. The van der Waals surface area contributed by atoms with E-state index in [4.69, 9.17) is 0 Å². The van der Waals surface area contributed by atoms with E-state index < -0.39 is 23.4 Å². The first-order valence-electron chi connectivity index (χ1n) is 9.69. The van der Waals surface area contributed by atoms with Crippen LogP contribution < -0.4 is 5.32 Å². The summed E-state index contributed by atoms with van der Waals surface area (Å²) in [4.78, 5) is 20.7. The summed E-state index contributed by atoms with van der Waals surface area (Å²) in [6.45, 7) is 1.54. The van der Waals surface area contributed by atoms with Gasteiger partial charge in [0.05, 0.1) is 12.0 Å². The highest BCUT2D eigenvalue weighted by Crippen LogP contribution is 2.38. The van der Waals surface area contributed by atoms with E-state index in [1.165, 1.54) is 13.0 Å². The molecule has 1 aromatic carbocycles. The quantitative estimate of drug-likeness (QED) is 0.643. The molecular formula is C21H21F3N4O2. The smallest absolute Gasteiger partial charge is 0.385 e. The Kier molecular flexibility index (Phi) is 5.01. The molecule has 0 aliphatic heterocycles. The Labute approximate surface area is 170 Å². The molecule has 3 aromatic rings. The normalized spacial score (nSPS) is 16.8. The molecule has 158 valence electrons. The van der Waals surface area contributed by atoms with E-state index >= 15 is 0 Å². The fraction of sp³-hybridized carbons (Fsp3) is 0.381. The molecule has 1 fully saturated rings. The number of aromatic nitrogens is 3. The number of nitrogens with zero attached hydrogens (tertiary/aromatic N) is 3. The van der Waals surface area contributed by atoms with Crippen molar-refractivity contribution in [1.82, 2.24) is 14.5 Å². The lowest BCUT2D eigenvalue weighted by molar-refractivity contribution is -0.141. The maximum absolute atomic E-state index is 13.1. The van der Waals surface area contributed by atoms with E-state index in [1.54, 1.807) is 28.8 Å². The van der Waals surface area contributed by atoms with E-state index in [2.05, 4.69) is 15.3 Å². The number of aliphatic hydroxyl groups is 1. The summed E-state index contributed by atoms with van der Waals surface area (Å²) in [6.07, 6.45) is -2.31. The van der Waals surface area contributed by atoms with Gasteiger partial charge in [0.2, 0.25) is 11.9 Å². The number of hydrogen-bond acceptors (Lipinski definition) is 4. The number of pyridine rings is 1. The third-order valence-corrected chi connectivity index (χ3v) is 5.42. The molecule has 0 unspecified atom stereocenters. The zero-order chi connectivity index (χ0) is 21.5. The fourth-order valence-corrected chi connectivity index (χ4v) is 3.59. The van der Waals surface area contributed by atoms with Crippen LogP contribution in [0.3, 0.4) is 0 Å². The molecule has 1 aliphatic carbocycles. The minimum atomic E-state index is -4.57. The van der Waals surface area contributed by atoms with Crippen molar-refractivity contribution in [3.63, 3.8) is 0 Å². The second-order valence-corrected chi connectivity index (χ2v) is 7.79. The lowest BCUT2D eigenvalue weighted by Gasteiger charge is -2.29. The van der Waals surface area contributed by atoms with Crippen LogP contribution in [0.2, 0.25) is 0 Å². The van der Waals surface area contributed by atoms with Crippen molar-refractivity contribution in [2.75, 3.05) is 5.32 Å². The van der Waals surface area contributed by atoms with Gasteiger partial charge in [-0.1, -0.05) is 30.3 Å². The molecule has 1 saturated carbocycles. The van der Waals surface area contributed by atoms with Crippen molar-refractivity contribution < 1.29 is 23.1 Å². The van der Waals surface area contributed by atoms with E-state index in [0.29, 0.717) is 5.56 Å². The van der Waals surface area contributed by atoms with Crippen LogP contribution in [0.25, 0.3) is 11.2 Å². The number of imidazole rings is 1. The third-order valence-electron chi connectivity index (χ3n) is 5.42. The van der Waals surface area contributed by atoms with Crippen LogP contribution in [-0.4, -0.2) is 25.5 Å². The number of hydrogen-bond donors (Lipinski definition) is 2. The van der Waals surface area contributed by atoms with Gasteiger partial charge in [-0.2, -0.15) is 13.2 Å². The number of halogens is 3. The van der Waals surface area contributed by atoms with Crippen molar-refractivity contribution in [2.45, 2.75) is 50.4 Å². The Morgan fingerprint density at radius 1 is 1.17 bits per heavy atom. The highest BCUT2D eigenvalue weighted by atomic mass is 19.4. The van der Waals surface area contributed by atoms with Crippen LogP contribution in [0, 0.1) is 0 Å². The van der Waals surface area contributed by atoms with Gasteiger partial charge in [0, 0.05) is 6.04 Å². The minimum Gasteiger partial charge on any atom is -0.385 e. The summed E-state index contributed by atoms with van der Waals surface area (Å²) in [6, 6.07) is 10.9. The summed E-state index contributed by atoms with van der Waals surface area (Å²) in [5, 5.41) is 13.4. The maximum Gasteiger partial charge on any atom is 0.433 e. The lowest BCUT2D eigenvalue weighted by atomic mass is 9.92. The molecule has 1 amide bonds. The van der Waals surface area contributed by atoms with E-state index in [0.717, 1.165) is 25.3 Å². The van der Waals surface area contributed by atoms with Crippen molar-refractivity contribution in [3.05, 3.63) is 53.7 Å². The van der Waals surface area contributed by atoms with Crippen molar-refractivity contribution in [1.29, 1.82) is 0 Å². The van der Waals surface area contributed by atoms with Crippen LogP contribution in [0.5, 0.6) is 0 Å². The number of nitrogens with one attached hydrogen (secondary N) is 1. The molecule has 0 bridgehead atoms.